The molecule has 6 aromatic rings. The fraction of sp³-hybridized carbons (Fsp3) is 0. The third kappa shape index (κ3) is 2.63. The molecule has 5 heteroatoms. The van der Waals surface area contributed by atoms with Crippen molar-refractivity contribution in [3.63, 3.8) is 0 Å². The minimum absolute atomic E-state index is 0.638. The molecular formula is C24H14N2O3. The van der Waals surface area contributed by atoms with Crippen LogP contribution >= 0.6 is 0 Å². The Morgan fingerprint density at radius 3 is 2.00 bits per heavy atom. The van der Waals surface area contributed by atoms with E-state index in [1.807, 2.05) is 72.8 Å². The average Bonchev–Trinajstić information content (AvgIpc) is 3.53. The van der Waals surface area contributed by atoms with Crippen LogP contribution in [0.3, 0.4) is 0 Å². The highest BCUT2D eigenvalue weighted by atomic mass is 16.3. The van der Waals surface area contributed by atoms with Crippen LogP contribution in [0.5, 0.6) is 0 Å². The molecule has 0 atom stereocenters. The third-order valence-corrected chi connectivity index (χ3v) is 4.88. The molecule has 0 bridgehead atoms. The second-order valence-corrected chi connectivity index (χ2v) is 6.73. The molecule has 0 fully saturated rings. The van der Waals surface area contributed by atoms with E-state index in [4.69, 9.17) is 23.2 Å². The lowest BCUT2D eigenvalue weighted by atomic mass is 10.1. The molecule has 0 unspecified atom stereocenters. The first-order valence-electron chi connectivity index (χ1n) is 9.24. The minimum atomic E-state index is 0.638. The van der Waals surface area contributed by atoms with Gasteiger partial charge in [0.1, 0.15) is 22.7 Å². The van der Waals surface area contributed by atoms with Gasteiger partial charge in [-0.25, -0.2) is 9.97 Å². The summed E-state index contributed by atoms with van der Waals surface area (Å²) >= 11 is 0. The molecule has 6 rings (SSSR count). The lowest BCUT2D eigenvalue weighted by molar-refractivity contribution is 0.572. The zero-order chi connectivity index (χ0) is 19.2. The summed E-state index contributed by atoms with van der Waals surface area (Å²) in [5, 5.41) is 1.07. The molecule has 4 heterocycles. The number of furan rings is 3. The summed E-state index contributed by atoms with van der Waals surface area (Å²) in [6.45, 7) is 0. The predicted octanol–water partition coefficient (Wildman–Crippen LogP) is 6.56. The van der Waals surface area contributed by atoms with Gasteiger partial charge in [-0.1, -0.05) is 18.2 Å². The number of hydrogen-bond acceptors (Lipinski definition) is 5. The van der Waals surface area contributed by atoms with E-state index in [-0.39, 0.29) is 0 Å². The Morgan fingerprint density at radius 1 is 0.586 bits per heavy atom. The van der Waals surface area contributed by atoms with Gasteiger partial charge in [-0.2, -0.15) is 0 Å². The molecule has 0 radical (unpaired) electrons. The van der Waals surface area contributed by atoms with Gasteiger partial charge in [0.05, 0.1) is 23.6 Å². The van der Waals surface area contributed by atoms with E-state index in [1.165, 1.54) is 0 Å². The van der Waals surface area contributed by atoms with Crippen molar-refractivity contribution in [1.29, 1.82) is 0 Å². The summed E-state index contributed by atoms with van der Waals surface area (Å²) in [7, 11) is 0. The Labute approximate surface area is 165 Å². The molecule has 0 aliphatic heterocycles. The zero-order valence-electron chi connectivity index (χ0n) is 15.2. The molecule has 138 valence electrons. The average molecular weight is 378 g/mol. The summed E-state index contributed by atoms with van der Waals surface area (Å²) in [6.07, 6.45) is 3.25. The second kappa shape index (κ2) is 6.21. The zero-order valence-corrected chi connectivity index (χ0v) is 15.2. The van der Waals surface area contributed by atoms with E-state index < -0.39 is 0 Å². The molecule has 4 aromatic heterocycles. The maximum Gasteiger partial charge on any atom is 0.154 e. The van der Waals surface area contributed by atoms with Crippen molar-refractivity contribution < 1.29 is 13.3 Å². The second-order valence-electron chi connectivity index (χ2n) is 6.73. The maximum atomic E-state index is 6.01. The van der Waals surface area contributed by atoms with E-state index in [9.17, 15) is 0 Å². The summed E-state index contributed by atoms with van der Waals surface area (Å²) in [5.41, 5.74) is 4.61. The van der Waals surface area contributed by atoms with E-state index in [0.29, 0.717) is 22.9 Å². The molecule has 0 aliphatic carbocycles. The van der Waals surface area contributed by atoms with Crippen LogP contribution in [-0.4, -0.2) is 9.97 Å². The number of aromatic nitrogens is 2. The van der Waals surface area contributed by atoms with Crippen LogP contribution in [0.4, 0.5) is 0 Å². The first kappa shape index (κ1) is 15.9. The Balaban J connectivity index is 1.56. The van der Waals surface area contributed by atoms with Crippen LogP contribution < -0.4 is 0 Å². The van der Waals surface area contributed by atoms with Crippen molar-refractivity contribution in [2.75, 3.05) is 0 Å². The SMILES string of the molecule is c1coc(-c2nc3ccc(-c4cc5ccccc5o4)cc3nc2-c2ccco2)c1. The molecule has 5 nitrogen and oxygen atoms in total. The van der Waals surface area contributed by atoms with Crippen molar-refractivity contribution in [3.8, 4) is 34.2 Å². The van der Waals surface area contributed by atoms with Crippen molar-refractivity contribution in [2.45, 2.75) is 0 Å². The van der Waals surface area contributed by atoms with Gasteiger partial charge in [0, 0.05) is 10.9 Å². The summed E-state index contributed by atoms with van der Waals surface area (Å²) < 4.78 is 17.2. The molecule has 0 spiro atoms. The lowest BCUT2D eigenvalue weighted by Gasteiger charge is -2.07. The van der Waals surface area contributed by atoms with E-state index in [1.54, 1.807) is 12.5 Å². The number of para-hydroxylation sites is 1. The maximum absolute atomic E-state index is 6.01. The molecule has 2 aromatic carbocycles. The van der Waals surface area contributed by atoms with Gasteiger partial charge in [0.2, 0.25) is 0 Å². The molecule has 0 saturated carbocycles. The van der Waals surface area contributed by atoms with Gasteiger partial charge in [-0.15, -0.1) is 0 Å². The van der Waals surface area contributed by atoms with E-state index >= 15 is 0 Å². The Morgan fingerprint density at radius 2 is 1.31 bits per heavy atom. The number of hydrogen-bond donors (Lipinski definition) is 0. The highest BCUT2D eigenvalue weighted by molar-refractivity contribution is 5.88. The van der Waals surface area contributed by atoms with Crippen molar-refractivity contribution in [3.05, 3.63) is 85.3 Å². The third-order valence-electron chi connectivity index (χ3n) is 4.88. The number of fused-ring (bicyclic) bond motifs is 2. The van der Waals surface area contributed by atoms with Crippen LogP contribution in [0.25, 0.3) is 56.2 Å². The van der Waals surface area contributed by atoms with Gasteiger partial charge in [-0.3, -0.25) is 0 Å². The molecule has 0 amide bonds. The van der Waals surface area contributed by atoms with Crippen molar-refractivity contribution in [1.82, 2.24) is 9.97 Å². The monoisotopic (exact) mass is 378 g/mol. The lowest BCUT2D eigenvalue weighted by Crippen LogP contribution is -1.94. The molecule has 29 heavy (non-hydrogen) atoms. The van der Waals surface area contributed by atoms with Gasteiger partial charge in [-0.05, 0) is 54.6 Å². The number of nitrogens with zero attached hydrogens (tertiary/aromatic N) is 2. The number of rotatable bonds is 3. The Bertz CT molecular complexity index is 1410. The van der Waals surface area contributed by atoms with Gasteiger partial charge in [0.15, 0.2) is 11.5 Å². The Hall–Kier alpha value is -4.12. The van der Waals surface area contributed by atoms with Crippen molar-refractivity contribution >= 4 is 22.0 Å². The largest absolute Gasteiger partial charge is 0.463 e. The summed E-state index contributed by atoms with van der Waals surface area (Å²) in [4.78, 5) is 9.66. The predicted molar refractivity (Wildman–Crippen MR) is 110 cm³/mol. The van der Waals surface area contributed by atoms with Crippen LogP contribution in [0.2, 0.25) is 0 Å². The summed E-state index contributed by atoms with van der Waals surface area (Å²) in [6, 6.07) is 23.3. The van der Waals surface area contributed by atoms with E-state index in [2.05, 4.69) is 0 Å². The minimum Gasteiger partial charge on any atom is -0.463 e. The first-order valence-corrected chi connectivity index (χ1v) is 9.24. The molecule has 0 aliphatic rings. The molecule has 0 saturated heterocycles. The van der Waals surface area contributed by atoms with Gasteiger partial charge >= 0.3 is 0 Å². The van der Waals surface area contributed by atoms with Crippen LogP contribution in [0.15, 0.2) is 98.6 Å². The normalized spacial score (nSPS) is 11.4. The molecular weight excluding hydrogens is 364 g/mol. The standard InChI is InChI=1S/C24H14N2O3/c1-2-6-19-15(5-1)14-22(29-19)16-9-10-17-18(13-16)26-24(21-8-4-12-28-21)23(25-17)20-7-3-11-27-20/h1-14H. The molecule has 0 N–H and O–H groups in total. The van der Waals surface area contributed by atoms with Crippen LogP contribution in [0, 0.1) is 0 Å². The highest BCUT2D eigenvalue weighted by Crippen LogP contribution is 2.34. The van der Waals surface area contributed by atoms with E-state index in [0.717, 1.165) is 33.3 Å². The fourth-order valence-electron chi connectivity index (χ4n) is 3.50. The topological polar surface area (TPSA) is 65.2 Å². The quantitative estimate of drug-likeness (QED) is 0.349. The first-order chi connectivity index (χ1) is 14.3. The van der Waals surface area contributed by atoms with Gasteiger partial charge < -0.3 is 13.3 Å². The van der Waals surface area contributed by atoms with Gasteiger partial charge in [0.25, 0.3) is 0 Å². The number of benzene rings is 2. The highest BCUT2D eigenvalue weighted by Gasteiger charge is 2.18. The summed E-state index contributed by atoms with van der Waals surface area (Å²) in [5.74, 6) is 2.08. The van der Waals surface area contributed by atoms with Crippen molar-refractivity contribution in [2.24, 2.45) is 0 Å². The van der Waals surface area contributed by atoms with Crippen LogP contribution in [-0.2, 0) is 0 Å². The fourth-order valence-corrected chi connectivity index (χ4v) is 3.50. The Kier molecular flexibility index (Phi) is 3.40. The van der Waals surface area contributed by atoms with Crippen LogP contribution in [0.1, 0.15) is 0 Å². The smallest absolute Gasteiger partial charge is 0.154 e.